The van der Waals surface area contributed by atoms with Crippen molar-refractivity contribution in [1.29, 1.82) is 0 Å². The van der Waals surface area contributed by atoms with Crippen molar-refractivity contribution >= 4 is 6.08 Å². The molecule has 0 spiro atoms. The zero-order valence-corrected chi connectivity index (χ0v) is 7.61. The molecule has 0 heterocycles. The zero-order valence-electron chi connectivity index (χ0n) is 7.61. The van der Waals surface area contributed by atoms with Crippen LogP contribution in [0.15, 0.2) is 48.6 Å². The third kappa shape index (κ3) is 3.26. The highest BCUT2D eigenvalue weighted by Gasteiger charge is 1.92. The lowest BCUT2D eigenvalue weighted by Crippen LogP contribution is -1.88. The van der Waals surface area contributed by atoms with Crippen LogP contribution in [0.4, 0.5) is 0 Å². The molecule has 0 saturated heterocycles. The normalized spacial score (nSPS) is 11.3. The molecule has 1 aromatic carbocycles. The van der Waals surface area contributed by atoms with Gasteiger partial charge >= 0.3 is 0 Å². The lowest BCUT2D eigenvalue weighted by Gasteiger charge is -1.99. The van der Waals surface area contributed by atoms with Gasteiger partial charge in [0, 0.05) is 0 Å². The summed E-state index contributed by atoms with van der Waals surface area (Å²) in [5.74, 6) is 0. The van der Waals surface area contributed by atoms with Crippen LogP contribution in [0.25, 0.3) is 6.08 Å². The van der Waals surface area contributed by atoms with Crippen LogP contribution in [0.3, 0.4) is 0 Å². The number of aliphatic hydroxyl groups is 1. The fraction of sp³-hybridized carbons (Fsp3) is 0.167. The molecule has 1 N–H and O–H groups in total. The van der Waals surface area contributed by atoms with Gasteiger partial charge in [-0.2, -0.15) is 0 Å². The first kappa shape index (κ1) is 9.75. The maximum Gasteiger partial charge on any atom is 0.0648 e. The Bertz CT molecular complexity index is 285. The molecular formula is C12H14O. The zero-order chi connectivity index (χ0) is 9.52. The molecule has 0 saturated carbocycles. The number of hydrogen-bond acceptors (Lipinski definition) is 1. The molecular weight excluding hydrogens is 160 g/mol. The second-order valence-electron chi connectivity index (χ2n) is 2.86. The van der Waals surface area contributed by atoms with E-state index in [0.717, 1.165) is 17.6 Å². The molecule has 0 aliphatic carbocycles. The van der Waals surface area contributed by atoms with Crippen LogP contribution in [0.2, 0.25) is 0 Å². The second-order valence-corrected chi connectivity index (χ2v) is 2.86. The molecule has 1 nitrogen and oxygen atoms in total. The van der Waals surface area contributed by atoms with E-state index in [9.17, 15) is 0 Å². The minimum atomic E-state index is 0.0981. The summed E-state index contributed by atoms with van der Waals surface area (Å²) < 4.78 is 0. The average molecular weight is 174 g/mol. The molecule has 0 aliphatic heterocycles. The van der Waals surface area contributed by atoms with Crippen LogP contribution >= 0.6 is 0 Å². The van der Waals surface area contributed by atoms with Gasteiger partial charge in [-0.15, -0.1) is 6.58 Å². The van der Waals surface area contributed by atoms with Crippen molar-refractivity contribution in [3.63, 3.8) is 0 Å². The molecule has 0 aliphatic rings. The van der Waals surface area contributed by atoms with Gasteiger partial charge in [-0.25, -0.2) is 0 Å². The highest BCUT2D eigenvalue weighted by molar-refractivity contribution is 5.53. The van der Waals surface area contributed by atoms with Gasteiger partial charge in [0.15, 0.2) is 0 Å². The SMILES string of the molecule is C=CCC(=Cc1ccccc1)CO. The maximum absolute atomic E-state index is 9.00. The average Bonchev–Trinajstić information content (AvgIpc) is 2.19. The van der Waals surface area contributed by atoms with Crippen LogP contribution in [0.1, 0.15) is 12.0 Å². The number of rotatable bonds is 4. The largest absolute Gasteiger partial charge is 0.392 e. The molecule has 1 heteroatoms. The molecule has 1 rings (SSSR count). The lowest BCUT2D eigenvalue weighted by molar-refractivity contribution is 0.330. The smallest absolute Gasteiger partial charge is 0.0648 e. The van der Waals surface area contributed by atoms with Crippen molar-refractivity contribution < 1.29 is 5.11 Å². The Morgan fingerprint density at radius 1 is 1.31 bits per heavy atom. The topological polar surface area (TPSA) is 20.2 Å². The highest BCUT2D eigenvalue weighted by atomic mass is 16.3. The second kappa shape index (κ2) is 5.33. The first-order valence-corrected chi connectivity index (χ1v) is 4.33. The van der Waals surface area contributed by atoms with Crippen molar-refractivity contribution in [2.24, 2.45) is 0 Å². The molecule has 0 amide bonds. The first-order valence-electron chi connectivity index (χ1n) is 4.33. The molecule has 13 heavy (non-hydrogen) atoms. The van der Waals surface area contributed by atoms with Gasteiger partial charge in [0.25, 0.3) is 0 Å². The molecule has 0 fully saturated rings. The summed E-state index contributed by atoms with van der Waals surface area (Å²) in [6, 6.07) is 9.96. The maximum atomic E-state index is 9.00. The quantitative estimate of drug-likeness (QED) is 0.696. The third-order valence-electron chi connectivity index (χ3n) is 1.78. The van der Waals surface area contributed by atoms with Crippen molar-refractivity contribution in [1.82, 2.24) is 0 Å². The fourth-order valence-corrected chi connectivity index (χ4v) is 1.14. The molecule has 0 aromatic heterocycles. The van der Waals surface area contributed by atoms with Gasteiger partial charge in [0.05, 0.1) is 6.61 Å². The summed E-state index contributed by atoms with van der Waals surface area (Å²) in [6.07, 6.45) is 4.53. The summed E-state index contributed by atoms with van der Waals surface area (Å²) in [4.78, 5) is 0. The monoisotopic (exact) mass is 174 g/mol. The summed E-state index contributed by atoms with van der Waals surface area (Å²) in [5, 5.41) is 9.00. The molecule has 0 radical (unpaired) electrons. The lowest BCUT2D eigenvalue weighted by atomic mass is 10.1. The fourth-order valence-electron chi connectivity index (χ4n) is 1.14. The summed E-state index contributed by atoms with van der Waals surface area (Å²) in [5.41, 5.74) is 2.11. The van der Waals surface area contributed by atoms with E-state index in [2.05, 4.69) is 6.58 Å². The van der Waals surface area contributed by atoms with Crippen molar-refractivity contribution in [2.45, 2.75) is 6.42 Å². The van der Waals surface area contributed by atoms with E-state index in [-0.39, 0.29) is 6.61 Å². The third-order valence-corrected chi connectivity index (χ3v) is 1.78. The standard InChI is InChI=1S/C12H14O/c1-2-6-12(10-13)9-11-7-4-3-5-8-11/h2-5,7-9,13H,1,6,10H2. The molecule has 1 aromatic rings. The van der Waals surface area contributed by atoms with Gasteiger partial charge in [0.1, 0.15) is 0 Å². The van der Waals surface area contributed by atoms with Gasteiger partial charge in [-0.05, 0) is 17.6 Å². The van der Waals surface area contributed by atoms with Gasteiger partial charge in [-0.3, -0.25) is 0 Å². The van der Waals surface area contributed by atoms with E-state index in [0.29, 0.717) is 0 Å². The van der Waals surface area contributed by atoms with Crippen LogP contribution < -0.4 is 0 Å². The highest BCUT2D eigenvalue weighted by Crippen LogP contribution is 2.09. The Labute approximate surface area is 79.0 Å². The van der Waals surface area contributed by atoms with E-state index in [4.69, 9.17) is 5.11 Å². The van der Waals surface area contributed by atoms with E-state index >= 15 is 0 Å². The Kier molecular flexibility index (Phi) is 4.00. The number of allylic oxidation sites excluding steroid dienone is 1. The van der Waals surface area contributed by atoms with Crippen molar-refractivity contribution in [2.75, 3.05) is 6.61 Å². The summed E-state index contributed by atoms with van der Waals surface area (Å²) in [7, 11) is 0. The Hall–Kier alpha value is -1.34. The number of benzene rings is 1. The Morgan fingerprint density at radius 3 is 2.54 bits per heavy atom. The summed E-state index contributed by atoms with van der Waals surface area (Å²) >= 11 is 0. The van der Waals surface area contributed by atoms with Crippen molar-refractivity contribution in [3.8, 4) is 0 Å². The van der Waals surface area contributed by atoms with E-state index in [1.165, 1.54) is 0 Å². The Balaban J connectivity index is 2.78. The minimum Gasteiger partial charge on any atom is -0.392 e. The molecule has 68 valence electrons. The molecule has 0 unspecified atom stereocenters. The van der Waals surface area contributed by atoms with Crippen molar-refractivity contribution in [3.05, 3.63) is 54.1 Å². The summed E-state index contributed by atoms with van der Waals surface area (Å²) in [6.45, 7) is 3.74. The van der Waals surface area contributed by atoms with Crippen LogP contribution in [-0.4, -0.2) is 11.7 Å². The van der Waals surface area contributed by atoms with Crippen LogP contribution in [0, 0.1) is 0 Å². The van der Waals surface area contributed by atoms with Crippen LogP contribution in [-0.2, 0) is 0 Å². The first-order chi connectivity index (χ1) is 6.36. The van der Waals surface area contributed by atoms with Gasteiger partial charge < -0.3 is 5.11 Å². The van der Waals surface area contributed by atoms with E-state index < -0.39 is 0 Å². The van der Waals surface area contributed by atoms with Gasteiger partial charge in [0.2, 0.25) is 0 Å². The molecule has 0 atom stereocenters. The minimum absolute atomic E-state index is 0.0981. The number of hydrogen-bond donors (Lipinski definition) is 1. The predicted octanol–water partition coefficient (Wildman–Crippen LogP) is 2.64. The predicted molar refractivity (Wildman–Crippen MR) is 56.3 cm³/mol. The Morgan fingerprint density at radius 2 is 2.00 bits per heavy atom. The number of aliphatic hydroxyl groups excluding tert-OH is 1. The van der Waals surface area contributed by atoms with E-state index in [1.807, 2.05) is 36.4 Å². The van der Waals surface area contributed by atoms with E-state index in [1.54, 1.807) is 6.08 Å². The van der Waals surface area contributed by atoms with Gasteiger partial charge in [-0.1, -0.05) is 42.5 Å². The van der Waals surface area contributed by atoms with Crippen LogP contribution in [0.5, 0.6) is 0 Å². The molecule has 0 bridgehead atoms.